The van der Waals surface area contributed by atoms with Crippen molar-refractivity contribution < 1.29 is 0 Å². The fourth-order valence-corrected chi connectivity index (χ4v) is 0.229. The first-order valence-corrected chi connectivity index (χ1v) is 3.33. The standard InChI is InChI=1S/C6H10N2.C2H6/c1-5(7-3)6(2)8-4;1-2/h3-4H2,1-2H3;1-2H3/b6-5-;. The second-order valence-corrected chi connectivity index (χ2v) is 1.49. The van der Waals surface area contributed by atoms with Crippen molar-refractivity contribution in [2.45, 2.75) is 27.7 Å². The van der Waals surface area contributed by atoms with Gasteiger partial charge in [0.2, 0.25) is 0 Å². The summed E-state index contributed by atoms with van der Waals surface area (Å²) in [6.07, 6.45) is 0. The molecule has 0 amide bonds. The summed E-state index contributed by atoms with van der Waals surface area (Å²) in [4.78, 5) is 7.31. The van der Waals surface area contributed by atoms with Crippen LogP contribution in [-0.4, -0.2) is 13.4 Å². The number of hydrogen-bond donors (Lipinski definition) is 0. The third-order valence-corrected chi connectivity index (χ3v) is 0.998. The molecule has 0 bridgehead atoms. The van der Waals surface area contributed by atoms with Crippen molar-refractivity contribution in [1.29, 1.82) is 0 Å². The summed E-state index contributed by atoms with van der Waals surface area (Å²) in [5.41, 5.74) is 1.67. The van der Waals surface area contributed by atoms with E-state index in [9.17, 15) is 0 Å². The molecule has 0 aliphatic heterocycles. The zero-order valence-corrected chi connectivity index (χ0v) is 7.31. The fraction of sp³-hybridized carbons (Fsp3) is 0.500. The summed E-state index contributed by atoms with van der Waals surface area (Å²) < 4.78 is 0. The molecule has 0 unspecified atom stereocenters. The van der Waals surface area contributed by atoms with E-state index in [1.807, 2.05) is 27.7 Å². The van der Waals surface area contributed by atoms with Crippen LogP contribution in [0.4, 0.5) is 0 Å². The molecule has 0 aromatic heterocycles. The Balaban J connectivity index is 0. The van der Waals surface area contributed by atoms with Crippen molar-refractivity contribution in [3.8, 4) is 0 Å². The van der Waals surface area contributed by atoms with Crippen molar-refractivity contribution >= 4 is 13.4 Å². The van der Waals surface area contributed by atoms with E-state index in [0.717, 1.165) is 11.4 Å². The largest absolute Gasteiger partial charge is 0.267 e. The lowest BCUT2D eigenvalue weighted by Gasteiger charge is -1.91. The average molecular weight is 140 g/mol. The first-order valence-electron chi connectivity index (χ1n) is 3.33. The molecular formula is C8H16N2. The number of aliphatic imine (C=N–C) groups is 2. The van der Waals surface area contributed by atoms with E-state index in [4.69, 9.17) is 0 Å². The molecule has 0 fully saturated rings. The molecule has 0 aliphatic rings. The lowest BCUT2D eigenvalue weighted by Crippen LogP contribution is -1.72. The monoisotopic (exact) mass is 140 g/mol. The minimum atomic E-state index is 0.833. The highest BCUT2D eigenvalue weighted by molar-refractivity contribution is 5.33. The molecule has 0 heterocycles. The van der Waals surface area contributed by atoms with Gasteiger partial charge in [-0.15, -0.1) is 0 Å². The third-order valence-electron chi connectivity index (χ3n) is 0.998. The lowest BCUT2D eigenvalue weighted by atomic mass is 10.4. The van der Waals surface area contributed by atoms with Gasteiger partial charge in [0.05, 0.1) is 11.4 Å². The highest BCUT2D eigenvalue weighted by Gasteiger charge is 1.85. The summed E-state index contributed by atoms with van der Waals surface area (Å²) in [7, 11) is 0. The molecule has 0 aromatic carbocycles. The molecule has 58 valence electrons. The van der Waals surface area contributed by atoms with Crippen molar-refractivity contribution in [3.63, 3.8) is 0 Å². The van der Waals surface area contributed by atoms with Crippen LogP contribution in [0.5, 0.6) is 0 Å². The van der Waals surface area contributed by atoms with Crippen LogP contribution in [0.3, 0.4) is 0 Å². The molecule has 0 radical (unpaired) electrons. The zero-order chi connectivity index (χ0) is 8.57. The number of hydrogen-bond acceptors (Lipinski definition) is 2. The highest BCUT2D eigenvalue weighted by atomic mass is 14.8. The second-order valence-electron chi connectivity index (χ2n) is 1.49. The van der Waals surface area contributed by atoms with Crippen molar-refractivity contribution in [2.24, 2.45) is 9.98 Å². The van der Waals surface area contributed by atoms with E-state index in [2.05, 4.69) is 23.4 Å². The maximum absolute atomic E-state index is 3.66. The molecule has 0 aliphatic carbocycles. The third kappa shape index (κ3) is 5.22. The van der Waals surface area contributed by atoms with E-state index < -0.39 is 0 Å². The average Bonchev–Trinajstić information content (AvgIpc) is 2.05. The first kappa shape index (κ1) is 11.8. The molecule has 0 rings (SSSR count). The SMILES string of the molecule is C=N/C(C)=C(/C)N=C.CC. The van der Waals surface area contributed by atoms with Gasteiger partial charge >= 0.3 is 0 Å². The van der Waals surface area contributed by atoms with E-state index in [1.54, 1.807) is 0 Å². The summed E-state index contributed by atoms with van der Waals surface area (Å²) in [5, 5.41) is 0. The van der Waals surface area contributed by atoms with Gasteiger partial charge in [-0.05, 0) is 27.3 Å². The predicted octanol–water partition coefficient (Wildman–Crippen LogP) is 2.67. The summed E-state index contributed by atoms with van der Waals surface area (Å²) in [6, 6.07) is 0. The maximum atomic E-state index is 3.66. The number of allylic oxidation sites excluding steroid dienone is 2. The van der Waals surface area contributed by atoms with Crippen molar-refractivity contribution in [3.05, 3.63) is 11.4 Å². The van der Waals surface area contributed by atoms with Crippen LogP contribution in [0.1, 0.15) is 27.7 Å². The van der Waals surface area contributed by atoms with Gasteiger partial charge in [0.15, 0.2) is 0 Å². The van der Waals surface area contributed by atoms with Crippen LogP contribution in [0, 0.1) is 0 Å². The molecule has 2 nitrogen and oxygen atoms in total. The Morgan fingerprint density at radius 3 is 1.20 bits per heavy atom. The van der Waals surface area contributed by atoms with Gasteiger partial charge in [0.25, 0.3) is 0 Å². The number of rotatable bonds is 2. The Bertz CT molecular complexity index is 118. The molecule has 2 heteroatoms. The van der Waals surface area contributed by atoms with Crippen LogP contribution in [0.25, 0.3) is 0 Å². The van der Waals surface area contributed by atoms with E-state index in [-0.39, 0.29) is 0 Å². The van der Waals surface area contributed by atoms with Crippen LogP contribution in [-0.2, 0) is 0 Å². The Labute approximate surface area is 63.4 Å². The van der Waals surface area contributed by atoms with Gasteiger partial charge in [-0.25, -0.2) is 0 Å². The van der Waals surface area contributed by atoms with E-state index >= 15 is 0 Å². The minimum Gasteiger partial charge on any atom is -0.267 e. The summed E-state index contributed by atoms with van der Waals surface area (Å²) >= 11 is 0. The molecule has 0 saturated carbocycles. The molecule has 0 atom stereocenters. The van der Waals surface area contributed by atoms with Crippen LogP contribution < -0.4 is 0 Å². The maximum Gasteiger partial charge on any atom is 0.0576 e. The van der Waals surface area contributed by atoms with Crippen LogP contribution in [0.15, 0.2) is 21.4 Å². The van der Waals surface area contributed by atoms with E-state index in [1.165, 1.54) is 0 Å². The summed E-state index contributed by atoms with van der Waals surface area (Å²) in [6.45, 7) is 14.4. The Hall–Kier alpha value is -0.920. The van der Waals surface area contributed by atoms with Gasteiger partial charge < -0.3 is 0 Å². The smallest absolute Gasteiger partial charge is 0.0576 e. The van der Waals surface area contributed by atoms with Crippen molar-refractivity contribution in [1.82, 2.24) is 0 Å². The van der Waals surface area contributed by atoms with Gasteiger partial charge in [-0.2, -0.15) is 0 Å². The fourth-order valence-electron chi connectivity index (χ4n) is 0.229. The van der Waals surface area contributed by atoms with E-state index in [0.29, 0.717) is 0 Å². The predicted molar refractivity (Wildman–Crippen MR) is 48.8 cm³/mol. The quantitative estimate of drug-likeness (QED) is 0.527. The molecule has 0 saturated heterocycles. The Morgan fingerprint density at radius 1 is 0.900 bits per heavy atom. The molecular weight excluding hydrogens is 124 g/mol. The topological polar surface area (TPSA) is 24.7 Å². The van der Waals surface area contributed by atoms with Crippen molar-refractivity contribution in [2.75, 3.05) is 0 Å². The van der Waals surface area contributed by atoms with Gasteiger partial charge in [-0.1, -0.05) is 13.8 Å². The highest BCUT2D eigenvalue weighted by Crippen LogP contribution is 2.02. The second kappa shape index (κ2) is 8.08. The Kier molecular flexibility index (Phi) is 9.56. The minimum absolute atomic E-state index is 0.833. The van der Waals surface area contributed by atoms with Gasteiger partial charge in [-0.3, -0.25) is 9.98 Å². The lowest BCUT2D eigenvalue weighted by molar-refractivity contribution is 1.17. The van der Waals surface area contributed by atoms with Gasteiger partial charge in [0, 0.05) is 0 Å². The first-order chi connectivity index (χ1) is 4.72. The zero-order valence-electron chi connectivity index (χ0n) is 7.31. The molecule has 0 spiro atoms. The Morgan fingerprint density at radius 2 is 1.10 bits per heavy atom. The normalized spacial score (nSPS) is 10.4. The molecule has 0 aromatic rings. The van der Waals surface area contributed by atoms with Crippen LogP contribution in [0.2, 0.25) is 0 Å². The summed E-state index contributed by atoms with van der Waals surface area (Å²) in [5.74, 6) is 0. The molecule has 0 N–H and O–H groups in total. The number of nitrogens with zero attached hydrogens (tertiary/aromatic N) is 2. The molecule has 10 heavy (non-hydrogen) atoms. The van der Waals surface area contributed by atoms with Crippen LogP contribution >= 0.6 is 0 Å². The van der Waals surface area contributed by atoms with Gasteiger partial charge in [0.1, 0.15) is 0 Å².